The maximum atomic E-state index is 12.1. The molecule has 1 unspecified atom stereocenters. The zero-order chi connectivity index (χ0) is 15.3. The Balaban J connectivity index is 2.78. The number of aryl methyl sites for hydroxylation is 1. The summed E-state index contributed by atoms with van der Waals surface area (Å²) in [5, 5.41) is 3.82. The van der Waals surface area contributed by atoms with E-state index in [2.05, 4.69) is 10.1 Å². The van der Waals surface area contributed by atoms with Gasteiger partial charge in [0.25, 0.3) is 0 Å². The monoisotopic (exact) mass is 280 g/mol. The minimum atomic E-state index is -0.508. The van der Waals surface area contributed by atoms with Crippen LogP contribution in [0.4, 0.5) is 0 Å². The van der Waals surface area contributed by atoms with E-state index in [0.29, 0.717) is 23.8 Å². The fourth-order valence-electron chi connectivity index (χ4n) is 1.65. The van der Waals surface area contributed by atoms with Gasteiger partial charge in [-0.1, -0.05) is 19.0 Å². The second-order valence-electron chi connectivity index (χ2n) is 6.32. The Morgan fingerprint density at radius 2 is 2.15 bits per heavy atom. The van der Waals surface area contributed by atoms with Crippen molar-refractivity contribution >= 4 is 12.2 Å². The van der Waals surface area contributed by atoms with E-state index < -0.39 is 11.6 Å². The van der Waals surface area contributed by atoms with Gasteiger partial charge < -0.3 is 9.26 Å². The molecule has 1 rings (SSSR count). The number of aliphatic imine (C=N–C) groups is 1. The van der Waals surface area contributed by atoms with Crippen molar-refractivity contribution in [1.82, 2.24) is 5.16 Å². The van der Waals surface area contributed by atoms with Gasteiger partial charge in [0.15, 0.2) is 0 Å². The van der Waals surface area contributed by atoms with Gasteiger partial charge in [0, 0.05) is 6.07 Å². The fraction of sp³-hybridized carbons (Fsp3) is 0.667. The molecule has 0 saturated heterocycles. The van der Waals surface area contributed by atoms with Gasteiger partial charge in [0.2, 0.25) is 0 Å². The molecule has 0 fully saturated rings. The van der Waals surface area contributed by atoms with Crippen LogP contribution in [0.3, 0.4) is 0 Å². The summed E-state index contributed by atoms with van der Waals surface area (Å²) in [6.07, 6.45) is 2.20. The molecule has 0 bridgehead atoms. The van der Waals surface area contributed by atoms with E-state index in [4.69, 9.17) is 9.26 Å². The molecule has 0 saturated carbocycles. The van der Waals surface area contributed by atoms with Gasteiger partial charge in [-0.2, -0.15) is 0 Å². The lowest BCUT2D eigenvalue weighted by Gasteiger charge is -2.23. The Morgan fingerprint density at radius 1 is 1.50 bits per heavy atom. The van der Waals surface area contributed by atoms with Crippen LogP contribution >= 0.6 is 0 Å². The first-order valence-corrected chi connectivity index (χ1v) is 6.86. The average Bonchev–Trinajstić information content (AvgIpc) is 2.67. The first-order valence-electron chi connectivity index (χ1n) is 6.86. The number of ether oxygens (including phenoxy) is 1. The third-order valence-electron chi connectivity index (χ3n) is 2.41. The number of carbonyl (C=O) groups is 1. The molecule has 1 heterocycles. The molecule has 1 atom stereocenters. The predicted molar refractivity (Wildman–Crippen MR) is 77.9 cm³/mol. The lowest BCUT2D eigenvalue weighted by atomic mass is 10.0. The molecule has 0 aliphatic heterocycles. The van der Waals surface area contributed by atoms with Crippen molar-refractivity contribution in [3.05, 3.63) is 17.5 Å². The van der Waals surface area contributed by atoms with Crippen LogP contribution in [0, 0.1) is 12.8 Å². The standard InChI is InChI=1S/C15H24N2O3/c1-10(2)7-13(14(18)19-15(4,5)6)16-9-12-8-11(3)20-17-12/h8-10,13H,7H2,1-6H3/b16-9+. The summed E-state index contributed by atoms with van der Waals surface area (Å²) in [6.45, 7) is 11.5. The molecule has 5 nitrogen and oxygen atoms in total. The Morgan fingerprint density at radius 3 is 2.60 bits per heavy atom. The molecule has 0 aliphatic carbocycles. The molecule has 0 N–H and O–H groups in total. The van der Waals surface area contributed by atoms with E-state index in [1.165, 1.54) is 0 Å². The Hall–Kier alpha value is -1.65. The first kappa shape index (κ1) is 16.4. The van der Waals surface area contributed by atoms with Gasteiger partial charge in [-0.25, -0.2) is 4.79 Å². The summed E-state index contributed by atoms with van der Waals surface area (Å²) in [4.78, 5) is 16.5. The van der Waals surface area contributed by atoms with Crippen molar-refractivity contribution in [3.8, 4) is 0 Å². The van der Waals surface area contributed by atoms with Gasteiger partial charge in [-0.05, 0) is 40.0 Å². The van der Waals surface area contributed by atoms with E-state index >= 15 is 0 Å². The summed E-state index contributed by atoms with van der Waals surface area (Å²) < 4.78 is 10.4. The SMILES string of the molecule is Cc1cc(/C=N/C(CC(C)C)C(=O)OC(C)(C)C)no1. The van der Waals surface area contributed by atoms with Crippen LogP contribution in [0.5, 0.6) is 0 Å². The Labute approximate surface area is 120 Å². The van der Waals surface area contributed by atoms with Crippen LogP contribution in [0.1, 0.15) is 52.5 Å². The van der Waals surface area contributed by atoms with Crippen molar-refractivity contribution in [2.75, 3.05) is 0 Å². The fourth-order valence-corrected chi connectivity index (χ4v) is 1.65. The Bertz CT molecular complexity index is 470. The highest BCUT2D eigenvalue weighted by molar-refractivity contribution is 5.82. The molecule has 20 heavy (non-hydrogen) atoms. The van der Waals surface area contributed by atoms with Crippen molar-refractivity contribution in [2.24, 2.45) is 10.9 Å². The highest BCUT2D eigenvalue weighted by atomic mass is 16.6. The molecule has 1 aromatic heterocycles. The van der Waals surface area contributed by atoms with Crippen molar-refractivity contribution in [1.29, 1.82) is 0 Å². The predicted octanol–water partition coefficient (Wildman–Crippen LogP) is 3.16. The average molecular weight is 280 g/mol. The van der Waals surface area contributed by atoms with Crippen molar-refractivity contribution in [3.63, 3.8) is 0 Å². The quantitative estimate of drug-likeness (QED) is 0.614. The number of aromatic nitrogens is 1. The molecule has 0 spiro atoms. The summed E-state index contributed by atoms with van der Waals surface area (Å²) in [6, 6.07) is 1.26. The molecule has 0 aromatic carbocycles. The molecular weight excluding hydrogens is 256 g/mol. The summed E-state index contributed by atoms with van der Waals surface area (Å²) in [5.41, 5.74) is 0.103. The second-order valence-corrected chi connectivity index (χ2v) is 6.32. The molecule has 1 aromatic rings. The molecule has 0 amide bonds. The van der Waals surface area contributed by atoms with E-state index in [1.54, 1.807) is 12.3 Å². The smallest absolute Gasteiger partial charge is 0.331 e. The molecule has 0 radical (unpaired) electrons. The summed E-state index contributed by atoms with van der Waals surface area (Å²) >= 11 is 0. The maximum Gasteiger partial charge on any atom is 0.331 e. The van der Waals surface area contributed by atoms with Gasteiger partial charge in [-0.15, -0.1) is 0 Å². The third kappa shape index (κ3) is 5.99. The van der Waals surface area contributed by atoms with E-state index in [-0.39, 0.29) is 5.97 Å². The summed E-state index contributed by atoms with van der Waals surface area (Å²) in [5.74, 6) is 0.760. The highest BCUT2D eigenvalue weighted by Crippen LogP contribution is 2.15. The molecule has 0 aliphatic rings. The molecule has 5 heteroatoms. The largest absolute Gasteiger partial charge is 0.458 e. The zero-order valence-corrected chi connectivity index (χ0v) is 13.1. The summed E-state index contributed by atoms with van der Waals surface area (Å²) in [7, 11) is 0. The van der Waals surface area contributed by atoms with Gasteiger partial charge >= 0.3 is 5.97 Å². The lowest BCUT2D eigenvalue weighted by molar-refractivity contribution is -0.156. The number of rotatable bonds is 5. The van der Waals surface area contributed by atoms with Crippen LogP contribution in [0.15, 0.2) is 15.6 Å². The van der Waals surface area contributed by atoms with E-state index in [0.717, 1.165) is 0 Å². The number of carbonyl (C=O) groups excluding carboxylic acids is 1. The Kier molecular flexibility index (Phi) is 5.48. The second kappa shape index (κ2) is 6.68. The normalized spacial score (nSPS) is 13.9. The number of hydrogen-bond acceptors (Lipinski definition) is 5. The number of esters is 1. The number of hydrogen-bond donors (Lipinski definition) is 0. The maximum absolute atomic E-state index is 12.1. The third-order valence-corrected chi connectivity index (χ3v) is 2.41. The van der Waals surface area contributed by atoms with Crippen LogP contribution in [0.25, 0.3) is 0 Å². The van der Waals surface area contributed by atoms with E-state index in [9.17, 15) is 4.79 Å². The lowest BCUT2D eigenvalue weighted by Crippen LogP contribution is -2.31. The van der Waals surface area contributed by atoms with Crippen LogP contribution in [-0.4, -0.2) is 29.0 Å². The molecular formula is C15H24N2O3. The zero-order valence-electron chi connectivity index (χ0n) is 13.1. The van der Waals surface area contributed by atoms with Crippen molar-refractivity contribution < 1.29 is 14.1 Å². The van der Waals surface area contributed by atoms with Gasteiger partial charge in [-0.3, -0.25) is 4.99 Å². The van der Waals surface area contributed by atoms with Crippen LogP contribution in [0.2, 0.25) is 0 Å². The number of nitrogens with zero attached hydrogens (tertiary/aromatic N) is 2. The minimum absolute atomic E-state index is 0.303. The first-order chi connectivity index (χ1) is 9.17. The van der Waals surface area contributed by atoms with Crippen LogP contribution < -0.4 is 0 Å². The highest BCUT2D eigenvalue weighted by Gasteiger charge is 2.25. The molecule has 112 valence electrons. The topological polar surface area (TPSA) is 64.7 Å². The van der Waals surface area contributed by atoms with Crippen molar-refractivity contribution in [2.45, 2.75) is 59.6 Å². The van der Waals surface area contributed by atoms with Gasteiger partial charge in [0.05, 0.1) is 6.21 Å². The van der Waals surface area contributed by atoms with Crippen LogP contribution in [-0.2, 0) is 9.53 Å². The minimum Gasteiger partial charge on any atom is -0.458 e. The van der Waals surface area contributed by atoms with Gasteiger partial charge in [0.1, 0.15) is 23.1 Å². The van der Waals surface area contributed by atoms with E-state index in [1.807, 2.05) is 41.5 Å².